The third-order valence-electron chi connectivity index (χ3n) is 3.77. The molecule has 0 aliphatic carbocycles. The van der Waals surface area contributed by atoms with Gasteiger partial charge < -0.3 is 5.32 Å². The van der Waals surface area contributed by atoms with Crippen molar-refractivity contribution in [2.24, 2.45) is 0 Å². The number of aryl methyl sites for hydroxylation is 1. The lowest BCUT2D eigenvalue weighted by Crippen LogP contribution is -2.16. The molecule has 3 rings (SSSR count). The van der Waals surface area contributed by atoms with Gasteiger partial charge in [-0.25, -0.2) is 9.97 Å². The Bertz CT molecular complexity index is 959. The van der Waals surface area contributed by atoms with Gasteiger partial charge in [-0.3, -0.25) is 4.79 Å². The van der Waals surface area contributed by atoms with Crippen LogP contribution in [0.25, 0.3) is 10.6 Å². The van der Waals surface area contributed by atoms with Crippen molar-refractivity contribution in [2.75, 3.05) is 11.1 Å². The van der Waals surface area contributed by atoms with E-state index in [1.54, 1.807) is 23.6 Å². The van der Waals surface area contributed by atoms with Crippen LogP contribution in [-0.4, -0.2) is 21.6 Å². The summed E-state index contributed by atoms with van der Waals surface area (Å²) in [7, 11) is 0. The molecular formula is C19H16F3N3OS2. The minimum absolute atomic E-state index is 0.0860. The standard InChI is InChI=1S/C19H16F3N3OS2/c1-2-12-6-3-4-7-13(12)23-17(26)11-28-18-24-14(15-8-5-9-27-15)10-16(25-18)19(20,21)22/h3-10H,2,11H2,1H3,(H,23,26). The molecule has 0 aliphatic rings. The lowest BCUT2D eigenvalue weighted by molar-refractivity contribution is -0.141. The van der Waals surface area contributed by atoms with Gasteiger partial charge in [0.2, 0.25) is 5.91 Å². The highest BCUT2D eigenvalue weighted by molar-refractivity contribution is 7.99. The van der Waals surface area contributed by atoms with Gasteiger partial charge in [0, 0.05) is 5.69 Å². The number of benzene rings is 1. The molecule has 0 saturated carbocycles. The monoisotopic (exact) mass is 423 g/mol. The molecule has 2 heterocycles. The zero-order valence-electron chi connectivity index (χ0n) is 14.8. The number of carbonyl (C=O) groups is 1. The van der Waals surface area contributed by atoms with Crippen LogP contribution >= 0.6 is 23.1 Å². The molecular weight excluding hydrogens is 407 g/mol. The van der Waals surface area contributed by atoms with Gasteiger partial charge in [0.15, 0.2) is 5.16 Å². The second-order valence-corrected chi connectivity index (χ2v) is 7.63. The van der Waals surface area contributed by atoms with E-state index in [-0.39, 0.29) is 22.5 Å². The molecule has 146 valence electrons. The first-order valence-electron chi connectivity index (χ1n) is 8.37. The molecule has 0 spiro atoms. The van der Waals surface area contributed by atoms with E-state index in [1.807, 2.05) is 25.1 Å². The van der Waals surface area contributed by atoms with Crippen molar-refractivity contribution in [1.82, 2.24) is 9.97 Å². The Morgan fingerprint density at radius 1 is 1.18 bits per heavy atom. The van der Waals surface area contributed by atoms with Crippen LogP contribution in [-0.2, 0) is 17.4 Å². The fourth-order valence-electron chi connectivity index (χ4n) is 2.45. The molecule has 0 bridgehead atoms. The second kappa shape index (κ2) is 8.74. The number of carbonyl (C=O) groups excluding carboxylic acids is 1. The number of amides is 1. The number of para-hydroxylation sites is 1. The van der Waals surface area contributed by atoms with E-state index in [1.165, 1.54) is 11.3 Å². The van der Waals surface area contributed by atoms with E-state index < -0.39 is 11.9 Å². The topological polar surface area (TPSA) is 54.9 Å². The van der Waals surface area contributed by atoms with Crippen LogP contribution in [0.15, 0.2) is 53.0 Å². The Labute approximate surface area is 168 Å². The van der Waals surface area contributed by atoms with Gasteiger partial charge in [0.05, 0.1) is 16.3 Å². The molecule has 3 aromatic rings. The quantitative estimate of drug-likeness (QED) is 0.419. The zero-order valence-corrected chi connectivity index (χ0v) is 16.4. The van der Waals surface area contributed by atoms with Crippen LogP contribution in [0.3, 0.4) is 0 Å². The fourth-order valence-corrected chi connectivity index (χ4v) is 3.80. The highest BCUT2D eigenvalue weighted by atomic mass is 32.2. The number of alkyl halides is 3. The Balaban J connectivity index is 1.76. The van der Waals surface area contributed by atoms with Crippen molar-refractivity contribution < 1.29 is 18.0 Å². The molecule has 1 N–H and O–H groups in total. The van der Waals surface area contributed by atoms with Gasteiger partial charge >= 0.3 is 6.18 Å². The first kappa shape index (κ1) is 20.3. The number of hydrogen-bond acceptors (Lipinski definition) is 5. The summed E-state index contributed by atoms with van der Waals surface area (Å²) in [6, 6.07) is 11.7. The molecule has 1 amide bonds. The Kier molecular flexibility index (Phi) is 6.35. The van der Waals surface area contributed by atoms with Gasteiger partial charge in [0.1, 0.15) is 5.69 Å². The number of nitrogens with one attached hydrogen (secondary N) is 1. The van der Waals surface area contributed by atoms with Gasteiger partial charge in [-0.2, -0.15) is 13.2 Å². The summed E-state index contributed by atoms with van der Waals surface area (Å²) in [5.74, 6) is -0.423. The highest BCUT2D eigenvalue weighted by Crippen LogP contribution is 2.33. The number of anilines is 1. The van der Waals surface area contributed by atoms with Crippen LogP contribution in [0.5, 0.6) is 0 Å². The predicted octanol–water partition coefficient (Wildman–Crippen LogP) is 5.52. The maximum Gasteiger partial charge on any atom is 0.433 e. The molecule has 2 aromatic heterocycles. The third-order valence-corrected chi connectivity index (χ3v) is 5.51. The van der Waals surface area contributed by atoms with E-state index in [0.717, 1.165) is 29.8 Å². The molecule has 4 nitrogen and oxygen atoms in total. The average Bonchev–Trinajstić information content (AvgIpc) is 3.21. The van der Waals surface area contributed by atoms with Gasteiger partial charge in [-0.15, -0.1) is 11.3 Å². The van der Waals surface area contributed by atoms with Crippen LogP contribution in [0.4, 0.5) is 18.9 Å². The minimum atomic E-state index is -4.59. The number of nitrogens with zero attached hydrogens (tertiary/aromatic N) is 2. The summed E-state index contributed by atoms with van der Waals surface area (Å²) in [5.41, 5.74) is 0.845. The number of rotatable bonds is 6. The number of hydrogen-bond donors (Lipinski definition) is 1. The van der Waals surface area contributed by atoms with Crippen molar-refractivity contribution in [3.8, 4) is 10.6 Å². The molecule has 0 radical (unpaired) electrons. The lowest BCUT2D eigenvalue weighted by Gasteiger charge is -2.11. The predicted molar refractivity (Wildman–Crippen MR) is 106 cm³/mol. The summed E-state index contributed by atoms with van der Waals surface area (Å²) in [6.45, 7) is 1.97. The first-order valence-corrected chi connectivity index (χ1v) is 10.2. The number of thiophene rings is 1. The molecule has 0 fully saturated rings. The molecule has 9 heteroatoms. The highest BCUT2D eigenvalue weighted by Gasteiger charge is 2.34. The summed E-state index contributed by atoms with van der Waals surface area (Å²) in [5, 5.41) is 4.46. The normalized spacial score (nSPS) is 11.4. The third kappa shape index (κ3) is 5.11. The summed E-state index contributed by atoms with van der Waals surface area (Å²) < 4.78 is 39.6. The zero-order chi connectivity index (χ0) is 20.1. The summed E-state index contributed by atoms with van der Waals surface area (Å²) in [4.78, 5) is 20.6. The molecule has 0 aliphatic heterocycles. The van der Waals surface area contributed by atoms with Crippen molar-refractivity contribution in [2.45, 2.75) is 24.7 Å². The van der Waals surface area contributed by atoms with Gasteiger partial charge in [-0.05, 0) is 35.6 Å². The Morgan fingerprint density at radius 2 is 1.96 bits per heavy atom. The maximum absolute atomic E-state index is 13.2. The Hall–Kier alpha value is -2.39. The van der Waals surface area contributed by atoms with Crippen molar-refractivity contribution in [3.05, 3.63) is 59.1 Å². The first-order chi connectivity index (χ1) is 13.4. The molecule has 0 atom stereocenters. The van der Waals surface area contributed by atoms with Crippen molar-refractivity contribution in [3.63, 3.8) is 0 Å². The number of halogens is 3. The largest absolute Gasteiger partial charge is 0.433 e. The van der Waals surface area contributed by atoms with Crippen LogP contribution in [0.1, 0.15) is 18.2 Å². The average molecular weight is 423 g/mol. The molecule has 0 saturated heterocycles. The Morgan fingerprint density at radius 3 is 2.64 bits per heavy atom. The van der Waals surface area contributed by atoms with Crippen LogP contribution < -0.4 is 5.32 Å². The smallest absolute Gasteiger partial charge is 0.325 e. The molecule has 0 unspecified atom stereocenters. The SMILES string of the molecule is CCc1ccccc1NC(=O)CSc1nc(-c2cccs2)cc(C(F)(F)F)n1. The van der Waals surface area contributed by atoms with E-state index in [2.05, 4.69) is 15.3 Å². The van der Waals surface area contributed by atoms with E-state index in [4.69, 9.17) is 0 Å². The van der Waals surface area contributed by atoms with Crippen LogP contribution in [0, 0.1) is 0 Å². The minimum Gasteiger partial charge on any atom is -0.325 e. The van der Waals surface area contributed by atoms with Crippen molar-refractivity contribution in [1.29, 1.82) is 0 Å². The number of aromatic nitrogens is 2. The van der Waals surface area contributed by atoms with Crippen LogP contribution in [0.2, 0.25) is 0 Å². The fraction of sp³-hybridized carbons (Fsp3) is 0.211. The van der Waals surface area contributed by atoms with E-state index >= 15 is 0 Å². The lowest BCUT2D eigenvalue weighted by atomic mass is 10.1. The van der Waals surface area contributed by atoms with E-state index in [0.29, 0.717) is 10.6 Å². The number of thioether (sulfide) groups is 1. The summed E-state index contributed by atoms with van der Waals surface area (Å²) >= 11 is 2.16. The van der Waals surface area contributed by atoms with Gasteiger partial charge in [-0.1, -0.05) is 43.0 Å². The summed E-state index contributed by atoms with van der Waals surface area (Å²) in [6.07, 6.45) is -3.84. The van der Waals surface area contributed by atoms with Gasteiger partial charge in [0.25, 0.3) is 0 Å². The second-order valence-electron chi connectivity index (χ2n) is 5.74. The van der Waals surface area contributed by atoms with E-state index in [9.17, 15) is 18.0 Å². The van der Waals surface area contributed by atoms with Crippen molar-refractivity contribution >= 4 is 34.7 Å². The molecule has 1 aromatic carbocycles. The maximum atomic E-state index is 13.2. The molecule has 28 heavy (non-hydrogen) atoms.